The van der Waals surface area contributed by atoms with Crippen LogP contribution >= 0.6 is 11.3 Å². The number of hydrogen-bond acceptors (Lipinski definition) is 4. The molecule has 3 aromatic rings. The van der Waals surface area contributed by atoms with Gasteiger partial charge in [-0.25, -0.2) is 4.98 Å². The van der Waals surface area contributed by atoms with E-state index in [9.17, 15) is 4.79 Å². The maximum Gasteiger partial charge on any atom is 0.178 e. The summed E-state index contributed by atoms with van der Waals surface area (Å²) >= 11 is 1.34. The molecule has 1 heterocycles. The molecule has 3 nitrogen and oxygen atoms in total. The molecule has 0 spiro atoms. The summed E-state index contributed by atoms with van der Waals surface area (Å²) in [4.78, 5) is 14.9. The Bertz CT molecular complexity index is 705. The maximum atomic E-state index is 10.6. The van der Waals surface area contributed by atoms with Gasteiger partial charge in [-0.2, -0.15) is 0 Å². The molecule has 0 saturated heterocycles. The first-order valence-electron chi connectivity index (χ1n) is 6.09. The van der Waals surface area contributed by atoms with Crippen LogP contribution in [0.4, 0.5) is 0 Å². The molecule has 2 aromatic carbocycles. The minimum Gasteiger partial charge on any atom is -0.457 e. The number of rotatable bonds is 4. The van der Waals surface area contributed by atoms with Crippen LogP contribution < -0.4 is 4.74 Å². The fraction of sp³-hybridized carbons (Fsp3) is 0. The van der Waals surface area contributed by atoms with Crippen molar-refractivity contribution in [1.29, 1.82) is 0 Å². The van der Waals surface area contributed by atoms with Crippen LogP contribution in [0.3, 0.4) is 0 Å². The van der Waals surface area contributed by atoms with Crippen LogP contribution in [0.5, 0.6) is 11.5 Å². The normalized spacial score (nSPS) is 10.2. The second-order valence-corrected chi connectivity index (χ2v) is 5.02. The smallest absolute Gasteiger partial charge is 0.178 e. The third-order valence-electron chi connectivity index (χ3n) is 2.75. The number of hydrogen-bond donors (Lipinski definition) is 0. The zero-order valence-corrected chi connectivity index (χ0v) is 11.3. The highest BCUT2D eigenvalue weighted by Gasteiger charge is 2.04. The Morgan fingerprint density at radius 1 is 0.950 bits per heavy atom. The van der Waals surface area contributed by atoms with Crippen molar-refractivity contribution in [2.24, 2.45) is 0 Å². The van der Waals surface area contributed by atoms with Crippen LogP contribution in [0.1, 0.15) is 9.80 Å². The van der Waals surface area contributed by atoms with Gasteiger partial charge in [0.1, 0.15) is 11.5 Å². The average Bonchev–Trinajstić information content (AvgIpc) is 2.98. The van der Waals surface area contributed by atoms with Crippen LogP contribution in [-0.2, 0) is 0 Å². The first-order valence-corrected chi connectivity index (χ1v) is 6.97. The Kier molecular flexibility index (Phi) is 3.56. The lowest BCUT2D eigenvalue weighted by Gasteiger charge is -2.05. The van der Waals surface area contributed by atoms with Crippen molar-refractivity contribution in [2.45, 2.75) is 0 Å². The molecule has 0 amide bonds. The molecule has 0 atom stereocenters. The molecule has 0 aliphatic heterocycles. The fourth-order valence-electron chi connectivity index (χ4n) is 1.79. The lowest BCUT2D eigenvalue weighted by molar-refractivity contribution is 0.112. The van der Waals surface area contributed by atoms with Gasteiger partial charge in [0.15, 0.2) is 11.3 Å². The van der Waals surface area contributed by atoms with Gasteiger partial charge in [0.2, 0.25) is 0 Å². The Balaban J connectivity index is 1.79. The number of aromatic nitrogens is 1. The number of thiazole rings is 1. The minimum atomic E-state index is 0.490. The van der Waals surface area contributed by atoms with Crippen molar-refractivity contribution in [1.82, 2.24) is 4.98 Å². The average molecular weight is 281 g/mol. The first kappa shape index (κ1) is 12.6. The Labute approximate surface area is 120 Å². The molecular formula is C16H11NO2S. The summed E-state index contributed by atoms with van der Waals surface area (Å²) in [6, 6.07) is 17.3. The highest BCUT2D eigenvalue weighted by Crippen LogP contribution is 2.26. The van der Waals surface area contributed by atoms with Gasteiger partial charge < -0.3 is 4.74 Å². The molecule has 1 aromatic heterocycles. The summed E-state index contributed by atoms with van der Waals surface area (Å²) in [6.45, 7) is 0. The molecule has 0 saturated carbocycles. The predicted octanol–water partition coefficient (Wildman–Crippen LogP) is 4.41. The van der Waals surface area contributed by atoms with E-state index in [4.69, 9.17) is 4.74 Å². The summed E-state index contributed by atoms with van der Waals surface area (Å²) < 4.78 is 5.72. The van der Waals surface area contributed by atoms with Crippen LogP contribution in [0.15, 0.2) is 60.0 Å². The van der Waals surface area contributed by atoms with E-state index >= 15 is 0 Å². The maximum absolute atomic E-state index is 10.6. The van der Waals surface area contributed by atoms with Gasteiger partial charge in [0, 0.05) is 10.9 Å². The van der Waals surface area contributed by atoms with E-state index in [0.29, 0.717) is 5.01 Å². The zero-order chi connectivity index (χ0) is 13.8. The molecule has 4 heteroatoms. The van der Waals surface area contributed by atoms with Crippen molar-refractivity contribution in [3.05, 3.63) is 65.0 Å². The number of para-hydroxylation sites is 1. The van der Waals surface area contributed by atoms with Crippen LogP contribution in [0.25, 0.3) is 11.3 Å². The van der Waals surface area contributed by atoms with Crippen molar-refractivity contribution < 1.29 is 9.53 Å². The third kappa shape index (κ3) is 2.75. The quantitative estimate of drug-likeness (QED) is 0.665. The van der Waals surface area contributed by atoms with Gasteiger partial charge in [-0.05, 0) is 36.4 Å². The van der Waals surface area contributed by atoms with E-state index in [1.807, 2.05) is 60.0 Å². The third-order valence-corrected chi connectivity index (χ3v) is 3.52. The second kappa shape index (κ2) is 5.67. The highest BCUT2D eigenvalue weighted by atomic mass is 32.1. The molecule has 0 bridgehead atoms. The molecule has 20 heavy (non-hydrogen) atoms. The molecule has 0 unspecified atom stereocenters. The fourth-order valence-corrected chi connectivity index (χ4v) is 2.42. The van der Waals surface area contributed by atoms with Gasteiger partial charge in [0.05, 0.1) is 5.69 Å². The predicted molar refractivity (Wildman–Crippen MR) is 79.5 cm³/mol. The molecular weight excluding hydrogens is 270 g/mol. The zero-order valence-electron chi connectivity index (χ0n) is 10.5. The van der Waals surface area contributed by atoms with Gasteiger partial charge >= 0.3 is 0 Å². The number of carbonyl (C=O) groups excluding carboxylic acids is 1. The molecule has 0 aliphatic carbocycles. The van der Waals surface area contributed by atoms with Crippen molar-refractivity contribution in [2.75, 3.05) is 0 Å². The van der Waals surface area contributed by atoms with Crippen molar-refractivity contribution >= 4 is 17.6 Å². The Hall–Kier alpha value is -2.46. The van der Waals surface area contributed by atoms with Crippen molar-refractivity contribution in [3.63, 3.8) is 0 Å². The minimum absolute atomic E-state index is 0.490. The van der Waals surface area contributed by atoms with Crippen LogP contribution in [0.2, 0.25) is 0 Å². The van der Waals surface area contributed by atoms with E-state index in [0.717, 1.165) is 29.0 Å². The summed E-state index contributed by atoms with van der Waals surface area (Å²) in [5.74, 6) is 1.57. The first-order chi connectivity index (χ1) is 9.85. The second-order valence-electron chi connectivity index (χ2n) is 4.13. The van der Waals surface area contributed by atoms with Crippen LogP contribution in [0, 0.1) is 0 Å². The molecule has 0 radical (unpaired) electrons. The topological polar surface area (TPSA) is 39.2 Å². The van der Waals surface area contributed by atoms with E-state index in [1.54, 1.807) is 0 Å². The van der Waals surface area contributed by atoms with E-state index in [1.165, 1.54) is 11.3 Å². The van der Waals surface area contributed by atoms with Crippen LogP contribution in [-0.4, -0.2) is 11.3 Å². The molecule has 0 N–H and O–H groups in total. The summed E-state index contributed by atoms with van der Waals surface area (Å²) in [5, 5.41) is 2.36. The summed E-state index contributed by atoms with van der Waals surface area (Å²) in [5.41, 5.74) is 1.78. The molecule has 3 rings (SSSR count). The van der Waals surface area contributed by atoms with Gasteiger partial charge in [-0.1, -0.05) is 18.2 Å². The molecule has 0 aliphatic rings. The van der Waals surface area contributed by atoms with Gasteiger partial charge in [-0.3, -0.25) is 4.79 Å². The largest absolute Gasteiger partial charge is 0.457 e. The monoisotopic (exact) mass is 281 g/mol. The molecule has 0 fully saturated rings. The number of carbonyl (C=O) groups is 1. The SMILES string of the molecule is O=Cc1nc(-c2ccc(Oc3ccccc3)cc2)cs1. The van der Waals surface area contributed by atoms with E-state index < -0.39 is 0 Å². The summed E-state index contributed by atoms with van der Waals surface area (Å²) in [7, 11) is 0. The standard InChI is InChI=1S/C16H11NO2S/c18-10-16-17-15(11-20-16)12-6-8-14(9-7-12)19-13-4-2-1-3-5-13/h1-11H. The number of ether oxygens (including phenoxy) is 1. The van der Waals surface area contributed by atoms with Crippen molar-refractivity contribution in [3.8, 4) is 22.8 Å². The Morgan fingerprint density at radius 3 is 2.30 bits per heavy atom. The van der Waals surface area contributed by atoms with E-state index in [2.05, 4.69) is 4.98 Å². The molecule has 98 valence electrons. The van der Waals surface area contributed by atoms with Gasteiger partial charge in [-0.15, -0.1) is 11.3 Å². The Morgan fingerprint density at radius 2 is 1.65 bits per heavy atom. The highest BCUT2D eigenvalue weighted by molar-refractivity contribution is 7.11. The number of aldehydes is 1. The number of nitrogens with zero attached hydrogens (tertiary/aromatic N) is 1. The van der Waals surface area contributed by atoms with E-state index in [-0.39, 0.29) is 0 Å². The van der Waals surface area contributed by atoms with Gasteiger partial charge in [0.25, 0.3) is 0 Å². The summed E-state index contributed by atoms with van der Waals surface area (Å²) in [6.07, 6.45) is 0.765. The number of benzene rings is 2. The lowest BCUT2D eigenvalue weighted by atomic mass is 10.2. The lowest BCUT2D eigenvalue weighted by Crippen LogP contribution is -1.84.